The van der Waals surface area contributed by atoms with Crippen LogP contribution in [0.25, 0.3) is 0 Å². The van der Waals surface area contributed by atoms with Crippen LogP contribution < -0.4 is 5.73 Å². The number of amides is 1. The molecule has 0 aromatic rings. The molecule has 0 aromatic heterocycles. The molecule has 1 rings (SSSR count). The average Bonchev–Trinajstić information content (AvgIpc) is 2.08. The molecule has 0 aliphatic carbocycles. The molecule has 14 heavy (non-hydrogen) atoms. The molecule has 1 fully saturated rings. The van der Waals surface area contributed by atoms with Gasteiger partial charge in [0, 0.05) is 20.2 Å². The second-order valence-electron chi connectivity index (χ2n) is 4.38. The molecule has 82 valence electrons. The third-order valence-corrected chi connectivity index (χ3v) is 2.99. The number of hydrogen-bond donors (Lipinski definition) is 1. The van der Waals surface area contributed by atoms with E-state index >= 15 is 0 Å². The lowest BCUT2D eigenvalue weighted by Crippen LogP contribution is -2.71. The molecule has 0 unspecified atom stereocenters. The first-order valence-corrected chi connectivity index (χ1v) is 5.05. The van der Waals surface area contributed by atoms with Gasteiger partial charge in [0.05, 0.1) is 18.6 Å². The third kappa shape index (κ3) is 2.25. The van der Waals surface area contributed by atoms with E-state index in [9.17, 15) is 4.79 Å². The predicted octanol–water partition coefficient (Wildman–Crippen LogP) is 0.219. The summed E-state index contributed by atoms with van der Waals surface area (Å²) >= 11 is 0. The Labute approximate surface area is 85.4 Å². The van der Waals surface area contributed by atoms with Gasteiger partial charge in [-0.2, -0.15) is 0 Å². The van der Waals surface area contributed by atoms with Crippen molar-refractivity contribution in [1.82, 2.24) is 4.90 Å². The molecule has 0 radical (unpaired) electrons. The van der Waals surface area contributed by atoms with E-state index < -0.39 is 0 Å². The summed E-state index contributed by atoms with van der Waals surface area (Å²) in [6.07, 6.45) is 0.463. The Morgan fingerprint density at radius 1 is 1.57 bits per heavy atom. The van der Waals surface area contributed by atoms with Crippen molar-refractivity contribution >= 4 is 5.91 Å². The van der Waals surface area contributed by atoms with Crippen LogP contribution in [0.15, 0.2) is 0 Å². The SMILES string of the molecule is COCCC(=O)N1CC(N)(C(C)C)C1. The number of carbonyl (C=O) groups is 1. The minimum atomic E-state index is -0.164. The molecule has 1 aliphatic rings. The summed E-state index contributed by atoms with van der Waals surface area (Å²) in [6.45, 7) is 6.06. The summed E-state index contributed by atoms with van der Waals surface area (Å²) < 4.78 is 4.85. The molecule has 0 spiro atoms. The molecule has 0 aromatic carbocycles. The van der Waals surface area contributed by atoms with Gasteiger partial charge in [0.25, 0.3) is 0 Å². The number of carbonyl (C=O) groups excluding carboxylic acids is 1. The van der Waals surface area contributed by atoms with Gasteiger partial charge in [0.2, 0.25) is 5.91 Å². The van der Waals surface area contributed by atoms with Gasteiger partial charge in [-0.15, -0.1) is 0 Å². The Morgan fingerprint density at radius 3 is 2.57 bits per heavy atom. The molecule has 4 nitrogen and oxygen atoms in total. The molecule has 2 N–H and O–H groups in total. The van der Waals surface area contributed by atoms with Gasteiger partial charge in [0.1, 0.15) is 0 Å². The molecular weight excluding hydrogens is 180 g/mol. The number of ether oxygens (including phenoxy) is 1. The van der Waals surface area contributed by atoms with Crippen LogP contribution in [0.1, 0.15) is 20.3 Å². The van der Waals surface area contributed by atoms with E-state index in [-0.39, 0.29) is 11.4 Å². The van der Waals surface area contributed by atoms with Gasteiger partial charge in [-0.1, -0.05) is 13.8 Å². The highest BCUT2D eigenvalue weighted by Gasteiger charge is 2.43. The van der Waals surface area contributed by atoms with Crippen LogP contribution in [0.3, 0.4) is 0 Å². The van der Waals surface area contributed by atoms with E-state index in [0.29, 0.717) is 32.0 Å². The number of nitrogens with two attached hydrogens (primary N) is 1. The zero-order valence-corrected chi connectivity index (χ0v) is 9.25. The highest BCUT2D eigenvalue weighted by atomic mass is 16.5. The van der Waals surface area contributed by atoms with Gasteiger partial charge < -0.3 is 15.4 Å². The van der Waals surface area contributed by atoms with Gasteiger partial charge in [-0.3, -0.25) is 4.79 Å². The number of rotatable bonds is 4. The van der Waals surface area contributed by atoms with Crippen molar-refractivity contribution in [2.45, 2.75) is 25.8 Å². The van der Waals surface area contributed by atoms with Gasteiger partial charge in [0.15, 0.2) is 0 Å². The highest BCUT2D eigenvalue weighted by Crippen LogP contribution is 2.26. The molecule has 4 heteroatoms. The Hall–Kier alpha value is -0.610. The third-order valence-electron chi connectivity index (χ3n) is 2.99. The monoisotopic (exact) mass is 200 g/mol. The molecule has 0 saturated carbocycles. The normalized spacial score (nSPS) is 19.6. The van der Waals surface area contributed by atoms with E-state index in [2.05, 4.69) is 13.8 Å². The van der Waals surface area contributed by atoms with Crippen LogP contribution in [0.2, 0.25) is 0 Å². The molecule has 1 amide bonds. The molecule has 1 aliphatic heterocycles. The fraction of sp³-hybridized carbons (Fsp3) is 0.900. The van der Waals surface area contributed by atoms with Crippen LogP contribution in [-0.2, 0) is 9.53 Å². The van der Waals surface area contributed by atoms with E-state index in [0.717, 1.165) is 0 Å². The molecular formula is C10H20N2O2. The van der Waals surface area contributed by atoms with Crippen LogP contribution in [0.4, 0.5) is 0 Å². The Balaban J connectivity index is 2.30. The van der Waals surface area contributed by atoms with Crippen LogP contribution in [-0.4, -0.2) is 43.2 Å². The zero-order chi connectivity index (χ0) is 10.8. The average molecular weight is 200 g/mol. The summed E-state index contributed by atoms with van der Waals surface area (Å²) in [5, 5.41) is 0. The number of nitrogens with zero attached hydrogens (tertiary/aromatic N) is 1. The van der Waals surface area contributed by atoms with Crippen LogP contribution >= 0.6 is 0 Å². The van der Waals surface area contributed by atoms with Crippen molar-refractivity contribution in [2.24, 2.45) is 11.7 Å². The molecule has 1 heterocycles. The first kappa shape index (κ1) is 11.5. The van der Waals surface area contributed by atoms with Crippen molar-refractivity contribution < 1.29 is 9.53 Å². The van der Waals surface area contributed by atoms with Crippen molar-refractivity contribution in [1.29, 1.82) is 0 Å². The van der Waals surface area contributed by atoms with E-state index in [1.807, 2.05) is 0 Å². The summed E-state index contributed by atoms with van der Waals surface area (Å²) in [5.74, 6) is 0.572. The molecule has 0 bridgehead atoms. The van der Waals surface area contributed by atoms with Crippen LogP contribution in [0, 0.1) is 5.92 Å². The van der Waals surface area contributed by atoms with Crippen LogP contribution in [0.5, 0.6) is 0 Å². The first-order chi connectivity index (χ1) is 6.49. The van der Waals surface area contributed by atoms with Gasteiger partial charge >= 0.3 is 0 Å². The summed E-state index contributed by atoms with van der Waals surface area (Å²) in [6, 6.07) is 0. The van der Waals surface area contributed by atoms with Crippen molar-refractivity contribution in [3.8, 4) is 0 Å². The highest BCUT2D eigenvalue weighted by molar-refractivity contribution is 5.77. The van der Waals surface area contributed by atoms with E-state index in [1.54, 1.807) is 12.0 Å². The smallest absolute Gasteiger partial charge is 0.225 e. The minimum Gasteiger partial charge on any atom is -0.384 e. The quantitative estimate of drug-likeness (QED) is 0.706. The van der Waals surface area contributed by atoms with E-state index in [1.165, 1.54) is 0 Å². The van der Waals surface area contributed by atoms with E-state index in [4.69, 9.17) is 10.5 Å². The lowest BCUT2D eigenvalue weighted by molar-refractivity contribution is -0.141. The summed E-state index contributed by atoms with van der Waals surface area (Å²) in [4.78, 5) is 13.3. The van der Waals surface area contributed by atoms with Crippen molar-refractivity contribution in [3.63, 3.8) is 0 Å². The number of likely N-dealkylation sites (tertiary alicyclic amines) is 1. The standard InChI is InChI=1S/C10H20N2O2/c1-8(2)10(11)6-12(7-10)9(13)4-5-14-3/h8H,4-7,11H2,1-3H3. The van der Waals surface area contributed by atoms with Gasteiger partial charge in [-0.05, 0) is 5.92 Å². The topological polar surface area (TPSA) is 55.6 Å². The maximum Gasteiger partial charge on any atom is 0.225 e. The number of methoxy groups -OCH3 is 1. The number of hydrogen-bond acceptors (Lipinski definition) is 3. The first-order valence-electron chi connectivity index (χ1n) is 5.05. The maximum absolute atomic E-state index is 11.5. The Bertz CT molecular complexity index is 210. The maximum atomic E-state index is 11.5. The fourth-order valence-electron chi connectivity index (χ4n) is 1.55. The molecule has 0 atom stereocenters. The van der Waals surface area contributed by atoms with Crippen molar-refractivity contribution in [2.75, 3.05) is 26.8 Å². The van der Waals surface area contributed by atoms with Gasteiger partial charge in [-0.25, -0.2) is 0 Å². The minimum absolute atomic E-state index is 0.147. The second kappa shape index (κ2) is 4.28. The second-order valence-corrected chi connectivity index (χ2v) is 4.38. The Morgan fingerprint density at radius 2 is 2.14 bits per heavy atom. The lowest BCUT2D eigenvalue weighted by Gasteiger charge is -2.50. The Kier molecular flexibility index (Phi) is 3.50. The predicted molar refractivity (Wildman–Crippen MR) is 54.8 cm³/mol. The summed E-state index contributed by atoms with van der Waals surface area (Å²) in [5.41, 5.74) is 5.91. The zero-order valence-electron chi connectivity index (χ0n) is 9.25. The largest absolute Gasteiger partial charge is 0.384 e. The van der Waals surface area contributed by atoms with Crippen molar-refractivity contribution in [3.05, 3.63) is 0 Å². The molecule has 1 saturated heterocycles. The lowest BCUT2D eigenvalue weighted by atomic mass is 9.80. The summed E-state index contributed by atoms with van der Waals surface area (Å²) in [7, 11) is 1.60. The fourth-order valence-corrected chi connectivity index (χ4v) is 1.55.